The molecule has 3 rings (SSSR count). The van der Waals surface area contributed by atoms with Crippen LogP contribution in [0.1, 0.15) is 24.1 Å². The number of nitro groups is 1. The second kappa shape index (κ2) is 6.19. The summed E-state index contributed by atoms with van der Waals surface area (Å²) < 4.78 is 5.13. The van der Waals surface area contributed by atoms with E-state index in [1.165, 1.54) is 6.07 Å². The Bertz CT molecular complexity index is 881. The molecule has 3 aromatic heterocycles. The van der Waals surface area contributed by atoms with Crippen LogP contribution in [0.3, 0.4) is 0 Å². The molecule has 0 N–H and O–H groups in total. The van der Waals surface area contributed by atoms with Crippen LogP contribution in [-0.4, -0.2) is 20.0 Å². The molecule has 0 saturated heterocycles. The quantitative estimate of drug-likeness (QED) is 0.534. The van der Waals surface area contributed by atoms with E-state index in [1.807, 2.05) is 13.0 Å². The number of hydrogen-bond acceptors (Lipinski definition) is 6. The number of nitrogens with zero attached hydrogens (tertiary/aromatic N) is 4. The number of pyridine rings is 2. The first-order valence-electron chi connectivity index (χ1n) is 7.54. The van der Waals surface area contributed by atoms with E-state index in [0.29, 0.717) is 28.3 Å². The van der Waals surface area contributed by atoms with Gasteiger partial charge < -0.3 is 4.52 Å². The summed E-state index contributed by atoms with van der Waals surface area (Å²) in [6.07, 6.45) is 4.02. The van der Waals surface area contributed by atoms with E-state index in [9.17, 15) is 10.1 Å². The Morgan fingerprint density at radius 1 is 1.17 bits per heavy atom. The molecule has 3 heterocycles. The normalized spacial score (nSPS) is 10.8. The van der Waals surface area contributed by atoms with Crippen molar-refractivity contribution in [2.24, 2.45) is 0 Å². The predicted molar refractivity (Wildman–Crippen MR) is 88.5 cm³/mol. The maximum absolute atomic E-state index is 11.5. The zero-order valence-corrected chi connectivity index (χ0v) is 13.6. The number of hydrogen-bond donors (Lipinski definition) is 0. The molecule has 0 fully saturated rings. The second-order valence-electron chi connectivity index (χ2n) is 5.44. The average molecular weight is 324 g/mol. The van der Waals surface area contributed by atoms with Crippen molar-refractivity contribution >= 4 is 5.69 Å². The van der Waals surface area contributed by atoms with Gasteiger partial charge in [-0.1, -0.05) is 12.1 Å². The molecule has 0 unspecified atom stereocenters. The van der Waals surface area contributed by atoms with Gasteiger partial charge in [-0.15, -0.1) is 0 Å². The van der Waals surface area contributed by atoms with Crippen molar-refractivity contribution in [3.8, 4) is 22.4 Å². The van der Waals surface area contributed by atoms with Crippen molar-refractivity contribution in [2.45, 2.75) is 27.2 Å². The molecule has 24 heavy (non-hydrogen) atoms. The minimum absolute atomic E-state index is 0.0708. The Balaban J connectivity index is 2.13. The lowest BCUT2D eigenvalue weighted by Gasteiger charge is -2.06. The molecular formula is C17H16N4O3. The van der Waals surface area contributed by atoms with E-state index in [0.717, 1.165) is 17.7 Å². The molecule has 7 heteroatoms. The van der Waals surface area contributed by atoms with Crippen molar-refractivity contribution in [1.29, 1.82) is 0 Å². The van der Waals surface area contributed by atoms with Crippen LogP contribution in [0.15, 0.2) is 35.1 Å². The predicted octanol–water partition coefficient (Wildman–Crippen LogP) is 3.89. The molecule has 0 aliphatic carbocycles. The van der Waals surface area contributed by atoms with Crippen molar-refractivity contribution < 1.29 is 9.45 Å². The second-order valence-corrected chi connectivity index (χ2v) is 5.44. The van der Waals surface area contributed by atoms with Crippen LogP contribution in [0.25, 0.3) is 22.4 Å². The van der Waals surface area contributed by atoms with Gasteiger partial charge in [-0.05, 0) is 32.4 Å². The molecular weight excluding hydrogens is 308 g/mol. The van der Waals surface area contributed by atoms with Crippen molar-refractivity contribution in [1.82, 2.24) is 15.1 Å². The molecule has 0 amide bonds. The van der Waals surface area contributed by atoms with Crippen molar-refractivity contribution in [3.63, 3.8) is 0 Å². The van der Waals surface area contributed by atoms with Gasteiger partial charge >= 0.3 is 0 Å². The average Bonchev–Trinajstić information content (AvgIpc) is 2.93. The highest BCUT2D eigenvalue weighted by molar-refractivity contribution is 5.76. The third-order valence-corrected chi connectivity index (χ3v) is 3.85. The van der Waals surface area contributed by atoms with E-state index in [2.05, 4.69) is 15.1 Å². The van der Waals surface area contributed by atoms with Gasteiger partial charge in [0.05, 0.1) is 10.6 Å². The van der Waals surface area contributed by atoms with Crippen LogP contribution in [-0.2, 0) is 6.42 Å². The molecule has 122 valence electrons. The van der Waals surface area contributed by atoms with Gasteiger partial charge in [-0.2, -0.15) is 0 Å². The molecule has 7 nitrogen and oxygen atoms in total. The minimum Gasteiger partial charge on any atom is -0.361 e. The Morgan fingerprint density at radius 2 is 1.92 bits per heavy atom. The molecule has 0 atom stereocenters. The monoisotopic (exact) mass is 324 g/mol. The standard InChI is InChI=1S/C17H16N4O3/c1-4-14-6-5-12(8-18-14)17-15(21(22)23)7-13(9-19-17)16-10(2)20-24-11(16)3/h5-9H,4H2,1-3H3. The highest BCUT2D eigenvalue weighted by Crippen LogP contribution is 2.34. The van der Waals surface area contributed by atoms with Gasteiger partial charge in [0.25, 0.3) is 5.69 Å². The van der Waals surface area contributed by atoms with Crippen molar-refractivity contribution in [3.05, 3.63) is 57.9 Å². The third kappa shape index (κ3) is 2.76. The van der Waals surface area contributed by atoms with Crippen LogP contribution < -0.4 is 0 Å². The van der Waals surface area contributed by atoms with Crippen LogP contribution >= 0.6 is 0 Å². The fourth-order valence-electron chi connectivity index (χ4n) is 2.62. The Labute approximate surface area is 138 Å². The summed E-state index contributed by atoms with van der Waals surface area (Å²) in [5.41, 5.74) is 3.78. The van der Waals surface area contributed by atoms with Crippen LogP contribution in [0, 0.1) is 24.0 Å². The zero-order valence-electron chi connectivity index (χ0n) is 13.6. The molecule has 0 spiro atoms. The van der Waals surface area contributed by atoms with E-state index in [4.69, 9.17) is 4.52 Å². The summed E-state index contributed by atoms with van der Waals surface area (Å²) in [7, 11) is 0. The first kappa shape index (κ1) is 15.8. The highest BCUT2D eigenvalue weighted by Gasteiger charge is 2.21. The van der Waals surface area contributed by atoms with Crippen LogP contribution in [0.4, 0.5) is 5.69 Å². The summed E-state index contributed by atoms with van der Waals surface area (Å²) in [5, 5.41) is 15.4. The van der Waals surface area contributed by atoms with Gasteiger partial charge in [-0.25, -0.2) is 4.98 Å². The topological polar surface area (TPSA) is 95.0 Å². The SMILES string of the molecule is CCc1ccc(-c2ncc(-c3c(C)noc3C)cc2[N+](=O)[O-])cn1. The Morgan fingerprint density at radius 3 is 2.46 bits per heavy atom. The molecule has 0 aromatic carbocycles. The lowest BCUT2D eigenvalue weighted by atomic mass is 10.0. The summed E-state index contributed by atoms with van der Waals surface area (Å²) in [6.45, 7) is 5.56. The fraction of sp³-hybridized carbons (Fsp3) is 0.235. The van der Waals surface area contributed by atoms with E-state index in [1.54, 1.807) is 32.3 Å². The Hall–Kier alpha value is -3.09. The smallest absolute Gasteiger partial charge is 0.296 e. The van der Waals surface area contributed by atoms with Gasteiger partial charge in [0.2, 0.25) is 0 Å². The van der Waals surface area contributed by atoms with Crippen molar-refractivity contribution in [2.75, 3.05) is 0 Å². The van der Waals surface area contributed by atoms with Gasteiger partial charge in [0, 0.05) is 40.8 Å². The number of aryl methyl sites for hydroxylation is 3. The molecule has 0 aliphatic heterocycles. The Kier molecular flexibility index (Phi) is 4.07. The first-order chi connectivity index (χ1) is 11.5. The summed E-state index contributed by atoms with van der Waals surface area (Å²) >= 11 is 0. The van der Waals surface area contributed by atoms with Crippen LogP contribution in [0.5, 0.6) is 0 Å². The molecule has 0 radical (unpaired) electrons. The highest BCUT2D eigenvalue weighted by atomic mass is 16.6. The largest absolute Gasteiger partial charge is 0.361 e. The van der Waals surface area contributed by atoms with E-state index in [-0.39, 0.29) is 5.69 Å². The molecule has 0 aliphatic rings. The van der Waals surface area contributed by atoms with Gasteiger partial charge in [0.1, 0.15) is 11.5 Å². The minimum atomic E-state index is -0.433. The van der Waals surface area contributed by atoms with Gasteiger partial charge in [-0.3, -0.25) is 15.1 Å². The van der Waals surface area contributed by atoms with Gasteiger partial charge in [0.15, 0.2) is 0 Å². The maximum atomic E-state index is 11.5. The number of aromatic nitrogens is 3. The zero-order chi connectivity index (χ0) is 17.3. The summed E-state index contributed by atoms with van der Waals surface area (Å²) in [5.74, 6) is 0.602. The van der Waals surface area contributed by atoms with E-state index < -0.39 is 4.92 Å². The maximum Gasteiger partial charge on any atom is 0.296 e. The molecule has 0 saturated carbocycles. The fourth-order valence-corrected chi connectivity index (χ4v) is 2.62. The lowest BCUT2D eigenvalue weighted by Crippen LogP contribution is -1.97. The van der Waals surface area contributed by atoms with E-state index >= 15 is 0 Å². The molecule has 3 aromatic rings. The summed E-state index contributed by atoms with van der Waals surface area (Å²) in [6, 6.07) is 5.16. The van der Waals surface area contributed by atoms with Crippen LogP contribution in [0.2, 0.25) is 0 Å². The number of rotatable bonds is 4. The summed E-state index contributed by atoms with van der Waals surface area (Å²) in [4.78, 5) is 19.7. The lowest BCUT2D eigenvalue weighted by molar-refractivity contribution is -0.384. The molecule has 0 bridgehead atoms. The third-order valence-electron chi connectivity index (χ3n) is 3.85. The first-order valence-corrected chi connectivity index (χ1v) is 7.54.